The maximum Gasteiger partial charge on any atom is 0.226 e. The first kappa shape index (κ1) is 11.7. The van der Waals surface area contributed by atoms with Crippen molar-refractivity contribution in [3.05, 3.63) is 11.5 Å². The molecule has 0 spiro atoms. The molecule has 1 aliphatic rings. The largest absolute Gasteiger partial charge is 0.356 e. The Morgan fingerprint density at radius 1 is 1.39 bits per heavy atom. The van der Waals surface area contributed by atoms with E-state index >= 15 is 0 Å². The van der Waals surface area contributed by atoms with Crippen LogP contribution < -0.4 is 4.90 Å². The Labute approximate surface area is 111 Å². The molecule has 2 aromatic heterocycles. The second kappa shape index (κ2) is 4.72. The van der Waals surface area contributed by atoms with E-state index in [0.717, 1.165) is 30.2 Å². The van der Waals surface area contributed by atoms with Gasteiger partial charge in [-0.15, -0.1) is 0 Å². The zero-order chi connectivity index (χ0) is 12.5. The molecule has 96 valence electrons. The molecule has 0 atom stereocenters. The van der Waals surface area contributed by atoms with E-state index in [-0.39, 0.29) is 5.28 Å². The van der Waals surface area contributed by atoms with Crippen LogP contribution in [0, 0.1) is 5.92 Å². The minimum Gasteiger partial charge on any atom is -0.356 e. The number of fused-ring (bicyclic) bond motifs is 1. The SMILES string of the molecule is CCC1CCN(c2nc(Cl)nc3[nH]ncc23)CC1. The van der Waals surface area contributed by atoms with Crippen LogP contribution in [0.3, 0.4) is 0 Å². The summed E-state index contributed by atoms with van der Waals surface area (Å²) in [5.41, 5.74) is 0.711. The number of nitrogens with one attached hydrogen (secondary N) is 1. The molecule has 18 heavy (non-hydrogen) atoms. The van der Waals surface area contributed by atoms with Crippen molar-refractivity contribution in [2.24, 2.45) is 5.92 Å². The average molecular weight is 266 g/mol. The Balaban J connectivity index is 1.92. The van der Waals surface area contributed by atoms with E-state index in [1.165, 1.54) is 19.3 Å². The molecule has 3 rings (SSSR count). The van der Waals surface area contributed by atoms with Gasteiger partial charge in [0.2, 0.25) is 5.28 Å². The molecular weight excluding hydrogens is 250 g/mol. The Kier molecular flexibility index (Phi) is 3.07. The molecule has 1 fully saturated rings. The molecule has 0 aromatic carbocycles. The van der Waals surface area contributed by atoms with Gasteiger partial charge in [-0.3, -0.25) is 5.10 Å². The van der Waals surface area contributed by atoms with Gasteiger partial charge in [-0.25, -0.2) is 0 Å². The number of anilines is 1. The number of nitrogens with zero attached hydrogens (tertiary/aromatic N) is 4. The molecule has 0 amide bonds. The monoisotopic (exact) mass is 265 g/mol. The van der Waals surface area contributed by atoms with Gasteiger partial charge in [-0.05, 0) is 30.4 Å². The molecule has 1 aliphatic heterocycles. The number of aromatic amines is 1. The fraction of sp³-hybridized carbons (Fsp3) is 0.583. The van der Waals surface area contributed by atoms with E-state index in [1.807, 2.05) is 0 Å². The van der Waals surface area contributed by atoms with Crippen LogP contribution in [0.5, 0.6) is 0 Å². The zero-order valence-electron chi connectivity index (χ0n) is 10.4. The van der Waals surface area contributed by atoms with Crippen LogP contribution in [0.1, 0.15) is 26.2 Å². The predicted octanol–water partition coefficient (Wildman–Crippen LogP) is 2.63. The third kappa shape index (κ3) is 2.03. The van der Waals surface area contributed by atoms with Gasteiger partial charge in [-0.1, -0.05) is 13.3 Å². The van der Waals surface area contributed by atoms with Crippen LogP contribution >= 0.6 is 11.6 Å². The third-order valence-corrected chi connectivity index (χ3v) is 3.92. The van der Waals surface area contributed by atoms with Gasteiger partial charge in [0, 0.05) is 13.1 Å². The Bertz CT molecular complexity index is 544. The fourth-order valence-electron chi connectivity index (χ4n) is 2.59. The lowest BCUT2D eigenvalue weighted by molar-refractivity contribution is 0.394. The first-order chi connectivity index (χ1) is 8.78. The van der Waals surface area contributed by atoms with Crippen LogP contribution in [0.15, 0.2) is 6.20 Å². The first-order valence-corrected chi connectivity index (χ1v) is 6.77. The number of piperidine rings is 1. The molecule has 1 saturated heterocycles. The lowest BCUT2D eigenvalue weighted by Crippen LogP contribution is -2.34. The quantitative estimate of drug-likeness (QED) is 0.848. The minimum absolute atomic E-state index is 0.277. The number of H-pyrrole nitrogens is 1. The summed E-state index contributed by atoms with van der Waals surface area (Å²) < 4.78 is 0. The van der Waals surface area contributed by atoms with Crippen molar-refractivity contribution >= 4 is 28.5 Å². The van der Waals surface area contributed by atoms with Crippen LogP contribution in [-0.4, -0.2) is 33.3 Å². The zero-order valence-corrected chi connectivity index (χ0v) is 11.1. The van der Waals surface area contributed by atoms with Crippen molar-refractivity contribution in [2.75, 3.05) is 18.0 Å². The first-order valence-electron chi connectivity index (χ1n) is 6.39. The van der Waals surface area contributed by atoms with E-state index < -0.39 is 0 Å². The van der Waals surface area contributed by atoms with Crippen molar-refractivity contribution < 1.29 is 0 Å². The maximum atomic E-state index is 5.96. The van der Waals surface area contributed by atoms with Gasteiger partial charge >= 0.3 is 0 Å². The highest BCUT2D eigenvalue weighted by Crippen LogP contribution is 2.28. The number of hydrogen-bond donors (Lipinski definition) is 1. The van der Waals surface area contributed by atoms with E-state index in [1.54, 1.807) is 6.20 Å². The lowest BCUT2D eigenvalue weighted by atomic mass is 9.94. The Hall–Kier alpha value is -1.36. The standard InChI is InChI=1S/C12H16ClN5/c1-2-8-3-5-18(6-4-8)11-9-7-14-17-10(9)15-12(13)16-11/h7-8H,2-6H2,1H3,(H,14,15,16,17). The maximum absolute atomic E-state index is 5.96. The van der Waals surface area contributed by atoms with Crippen LogP contribution in [-0.2, 0) is 0 Å². The normalized spacial score (nSPS) is 17.6. The average Bonchev–Trinajstić information content (AvgIpc) is 2.86. The van der Waals surface area contributed by atoms with Crippen molar-refractivity contribution in [1.82, 2.24) is 20.2 Å². The summed E-state index contributed by atoms with van der Waals surface area (Å²) in [4.78, 5) is 10.8. The number of aromatic nitrogens is 4. The number of halogens is 1. The Morgan fingerprint density at radius 2 is 2.17 bits per heavy atom. The highest BCUT2D eigenvalue weighted by atomic mass is 35.5. The van der Waals surface area contributed by atoms with E-state index in [4.69, 9.17) is 11.6 Å². The predicted molar refractivity (Wildman–Crippen MR) is 71.9 cm³/mol. The van der Waals surface area contributed by atoms with E-state index in [2.05, 4.69) is 32.0 Å². The number of hydrogen-bond acceptors (Lipinski definition) is 4. The summed E-state index contributed by atoms with van der Waals surface area (Å²) in [6, 6.07) is 0. The molecule has 6 heteroatoms. The molecule has 2 aromatic rings. The molecule has 1 N–H and O–H groups in total. The van der Waals surface area contributed by atoms with Crippen molar-refractivity contribution in [3.8, 4) is 0 Å². The summed E-state index contributed by atoms with van der Waals surface area (Å²) in [5.74, 6) is 1.76. The smallest absolute Gasteiger partial charge is 0.226 e. The topological polar surface area (TPSA) is 57.7 Å². The molecule has 0 saturated carbocycles. The van der Waals surface area contributed by atoms with Crippen molar-refractivity contribution in [1.29, 1.82) is 0 Å². The summed E-state index contributed by atoms with van der Waals surface area (Å²) in [7, 11) is 0. The van der Waals surface area contributed by atoms with Crippen LogP contribution in [0.4, 0.5) is 5.82 Å². The minimum atomic E-state index is 0.277. The summed E-state index contributed by atoms with van der Waals surface area (Å²) in [6.07, 6.45) is 5.47. The second-order valence-electron chi connectivity index (χ2n) is 4.79. The van der Waals surface area contributed by atoms with Gasteiger partial charge in [0.15, 0.2) is 5.65 Å². The van der Waals surface area contributed by atoms with E-state index in [0.29, 0.717) is 5.65 Å². The lowest BCUT2D eigenvalue weighted by Gasteiger charge is -2.32. The second-order valence-corrected chi connectivity index (χ2v) is 5.13. The van der Waals surface area contributed by atoms with E-state index in [9.17, 15) is 0 Å². The van der Waals surface area contributed by atoms with Gasteiger partial charge in [-0.2, -0.15) is 15.1 Å². The van der Waals surface area contributed by atoms with Gasteiger partial charge in [0.1, 0.15) is 5.82 Å². The molecule has 0 aliphatic carbocycles. The van der Waals surface area contributed by atoms with Crippen LogP contribution in [0.2, 0.25) is 5.28 Å². The van der Waals surface area contributed by atoms with Crippen molar-refractivity contribution in [3.63, 3.8) is 0 Å². The highest BCUT2D eigenvalue weighted by molar-refractivity contribution is 6.28. The van der Waals surface area contributed by atoms with Crippen molar-refractivity contribution in [2.45, 2.75) is 26.2 Å². The van der Waals surface area contributed by atoms with Gasteiger partial charge in [0.05, 0.1) is 11.6 Å². The molecule has 3 heterocycles. The number of rotatable bonds is 2. The van der Waals surface area contributed by atoms with Gasteiger partial charge < -0.3 is 4.90 Å². The third-order valence-electron chi connectivity index (χ3n) is 3.75. The fourth-order valence-corrected chi connectivity index (χ4v) is 2.75. The molecule has 0 unspecified atom stereocenters. The van der Waals surface area contributed by atoms with Crippen LogP contribution in [0.25, 0.3) is 11.0 Å². The molecule has 0 radical (unpaired) electrons. The molecule has 5 nitrogen and oxygen atoms in total. The summed E-state index contributed by atoms with van der Waals surface area (Å²) in [6.45, 7) is 4.33. The Morgan fingerprint density at radius 3 is 2.89 bits per heavy atom. The molecular formula is C12H16ClN5. The van der Waals surface area contributed by atoms with Gasteiger partial charge in [0.25, 0.3) is 0 Å². The highest BCUT2D eigenvalue weighted by Gasteiger charge is 2.21. The molecule has 0 bridgehead atoms. The summed E-state index contributed by atoms with van der Waals surface area (Å²) in [5, 5.41) is 8.09. The summed E-state index contributed by atoms with van der Waals surface area (Å²) >= 11 is 5.96.